The molecule has 0 saturated heterocycles. The Morgan fingerprint density at radius 2 is 1.42 bits per heavy atom. The average Bonchev–Trinajstić information content (AvgIpc) is 2.73. The standard InChI is InChI=1S/C24H15F7O2/c25-21-14-9-16(15-22(21)32-18-6-2-1-3-7-18)5-4-8-20(23(26,27)28)17-10-12-19(13-11-17)33-24(29,30)31/h1-15H. The molecule has 0 aliphatic heterocycles. The van der Waals surface area contributed by atoms with E-state index in [1.807, 2.05) is 0 Å². The predicted molar refractivity (Wildman–Crippen MR) is 109 cm³/mol. The van der Waals surface area contributed by atoms with Gasteiger partial charge in [-0.05, 0) is 53.6 Å². The van der Waals surface area contributed by atoms with Gasteiger partial charge < -0.3 is 9.47 Å². The summed E-state index contributed by atoms with van der Waals surface area (Å²) >= 11 is 0. The van der Waals surface area contributed by atoms with E-state index >= 15 is 0 Å². The van der Waals surface area contributed by atoms with Crippen molar-refractivity contribution in [1.82, 2.24) is 0 Å². The van der Waals surface area contributed by atoms with Crippen molar-refractivity contribution in [2.75, 3.05) is 0 Å². The minimum Gasteiger partial charge on any atom is -0.454 e. The number of allylic oxidation sites excluding steroid dienone is 3. The minimum absolute atomic E-state index is 0.108. The maximum absolute atomic E-state index is 14.0. The van der Waals surface area contributed by atoms with Crippen LogP contribution in [0.3, 0.4) is 0 Å². The first kappa shape index (κ1) is 23.9. The lowest BCUT2D eigenvalue weighted by Gasteiger charge is -2.13. The smallest absolute Gasteiger partial charge is 0.454 e. The molecule has 3 aromatic carbocycles. The van der Waals surface area contributed by atoms with Gasteiger partial charge in [0.05, 0.1) is 5.57 Å². The summed E-state index contributed by atoms with van der Waals surface area (Å²) in [6.07, 6.45) is -6.56. The Labute approximate surface area is 184 Å². The summed E-state index contributed by atoms with van der Waals surface area (Å²) in [4.78, 5) is 0. The van der Waals surface area contributed by atoms with Gasteiger partial charge in [0.25, 0.3) is 0 Å². The summed E-state index contributed by atoms with van der Waals surface area (Å²) in [5, 5.41) is 0. The highest BCUT2D eigenvalue weighted by atomic mass is 19.4. The van der Waals surface area contributed by atoms with Crippen molar-refractivity contribution in [3.8, 4) is 17.2 Å². The molecule has 0 amide bonds. The Bertz CT molecular complexity index is 1130. The summed E-state index contributed by atoms with van der Waals surface area (Å²) in [5.74, 6) is -1.01. The maximum atomic E-state index is 14.0. The minimum atomic E-state index is -4.95. The molecule has 0 bridgehead atoms. The third-order valence-electron chi connectivity index (χ3n) is 4.18. The number of ether oxygens (including phenoxy) is 2. The molecule has 0 N–H and O–H groups in total. The molecule has 0 aliphatic rings. The van der Waals surface area contributed by atoms with Gasteiger partial charge in [0.2, 0.25) is 0 Å². The molecule has 3 aromatic rings. The van der Waals surface area contributed by atoms with Gasteiger partial charge >= 0.3 is 12.5 Å². The summed E-state index contributed by atoms with van der Waals surface area (Å²) < 4.78 is 100. The molecule has 0 aliphatic carbocycles. The van der Waals surface area contributed by atoms with Crippen LogP contribution in [0.1, 0.15) is 11.1 Å². The van der Waals surface area contributed by atoms with Crippen LogP contribution in [0.2, 0.25) is 0 Å². The van der Waals surface area contributed by atoms with E-state index in [0.29, 0.717) is 11.3 Å². The Morgan fingerprint density at radius 3 is 2.03 bits per heavy atom. The second-order valence-electron chi connectivity index (χ2n) is 6.61. The van der Waals surface area contributed by atoms with Crippen LogP contribution in [0.5, 0.6) is 17.2 Å². The first-order chi connectivity index (χ1) is 15.5. The third kappa shape index (κ3) is 7.13. The normalized spacial score (nSPS) is 12.8. The zero-order valence-corrected chi connectivity index (χ0v) is 16.6. The van der Waals surface area contributed by atoms with E-state index < -0.39 is 29.7 Å². The molecule has 0 unspecified atom stereocenters. The number of hydrogen-bond acceptors (Lipinski definition) is 2. The van der Waals surface area contributed by atoms with E-state index in [2.05, 4.69) is 4.74 Å². The van der Waals surface area contributed by atoms with Crippen molar-refractivity contribution in [3.05, 3.63) is 102 Å². The summed E-state index contributed by atoms with van der Waals surface area (Å²) in [6.45, 7) is 0. The zero-order chi connectivity index (χ0) is 24.1. The topological polar surface area (TPSA) is 18.5 Å². The van der Waals surface area contributed by atoms with Gasteiger partial charge in [-0.3, -0.25) is 0 Å². The van der Waals surface area contributed by atoms with Crippen LogP contribution in [0, 0.1) is 5.82 Å². The van der Waals surface area contributed by atoms with Gasteiger partial charge in [-0.2, -0.15) is 13.2 Å². The zero-order valence-electron chi connectivity index (χ0n) is 16.6. The Kier molecular flexibility index (Phi) is 7.10. The van der Waals surface area contributed by atoms with Crippen molar-refractivity contribution in [3.63, 3.8) is 0 Å². The highest BCUT2D eigenvalue weighted by Gasteiger charge is 2.35. The molecular weight excluding hydrogens is 453 g/mol. The molecule has 33 heavy (non-hydrogen) atoms. The molecule has 9 heteroatoms. The molecule has 2 nitrogen and oxygen atoms in total. The Hall–Kier alpha value is -3.75. The lowest BCUT2D eigenvalue weighted by Crippen LogP contribution is -2.17. The molecule has 0 atom stereocenters. The second-order valence-corrected chi connectivity index (χ2v) is 6.61. The van der Waals surface area contributed by atoms with Crippen molar-refractivity contribution in [1.29, 1.82) is 0 Å². The van der Waals surface area contributed by atoms with Crippen LogP contribution in [0.15, 0.2) is 84.9 Å². The van der Waals surface area contributed by atoms with Gasteiger partial charge in [-0.1, -0.05) is 48.6 Å². The summed E-state index contributed by atoms with van der Waals surface area (Å²) in [6, 6.07) is 15.5. The van der Waals surface area contributed by atoms with Gasteiger partial charge in [0, 0.05) is 0 Å². The first-order valence-corrected chi connectivity index (χ1v) is 9.35. The first-order valence-electron chi connectivity index (χ1n) is 9.35. The number of halogens is 7. The van der Waals surface area contributed by atoms with Crippen LogP contribution < -0.4 is 9.47 Å². The average molecular weight is 468 g/mol. The summed E-state index contributed by atoms with van der Waals surface area (Å²) in [7, 11) is 0. The van der Waals surface area contributed by atoms with Crippen molar-refractivity contribution in [2.45, 2.75) is 12.5 Å². The molecule has 0 spiro atoms. The fourth-order valence-electron chi connectivity index (χ4n) is 2.76. The molecule has 0 saturated carbocycles. The van der Waals surface area contributed by atoms with E-state index in [1.165, 1.54) is 18.2 Å². The monoisotopic (exact) mass is 468 g/mol. The lowest BCUT2D eigenvalue weighted by atomic mass is 10.0. The maximum Gasteiger partial charge on any atom is 0.573 e. The number of para-hydroxylation sites is 1. The number of benzene rings is 3. The van der Waals surface area contributed by atoms with Crippen LogP contribution in [0.4, 0.5) is 30.7 Å². The SMILES string of the molecule is Fc1ccc(C=CC=C(c2ccc(OC(F)(F)F)cc2)C(F)(F)F)cc1Oc1ccccc1. The molecular formula is C24H15F7O2. The molecule has 0 heterocycles. The van der Waals surface area contributed by atoms with Gasteiger partial charge in [-0.15, -0.1) is 13.2 Å². The van der Waals surface area contributed by atoms with Crippen LogP contribution >= 0.6 is 0 Å². The fourth-order valence-corrected chi connectivity index (χ4v) is 2.76. The molecule has 0 aromatic heterocycles. The quantitative estimate of drug-likeness (QED) is 0.268. The van der Waals surface area contributed by atoms with E-state index in [4.69, 9.17) is 4.74 Å². The summed E-state index contributed by atoms with van der Waals surface area (Å²) in [5.41, 5.74) is -1.07. The predicted octanol–water partition coefficient (Wildman–Crippen LogP) is 8.18. The van der Waals surface area contributed by atoms with Gasteiger partial charge in [0.15, 0.2) is 11.6 Å². The van der Waals surface area contributed by atoms with E-state index in [-0.39, 0.29) is 11.3 Å². The van der Waals surface area contributed by atoms with Crippen LogP contribution in [-0.2, 0) is 0 Å². The highest BCUT2D eigenvalue weighted by Crippen LogP contribution is 2.35. The number of alkyl halides is 6. The number of rotatable bonds is 6. The molecule has 3 rings (SSSR count). The molecule has 172 valence electrons. The van der Waals surface area contributed by atoms with Crippen LogP contribution in [0.25, 0.3) is 11.6 Å². The Balaban J connectivity index is 1.82. The van der Waals surface area contributed by atoms with E-state index in [0.717, 1.165) is 42.5 Å². The van der Waals surface area contributed by atoms with Crippen molar-refractivity contribution >= 4 is 11.6 Å². The molecule has 0 fully saturated rings. The number of hydrogen-bond donors (Lipinski definition) is 0. The lowest BCUT2D eigenvalue weighted by molar-refractivity contribution is -0.274. The second kappa shape index (κ2) is 9.81. The highest BCUT2D eigenvalue weighted by molar-refractivity contribution is 5.72. The van der Waals surface area contributed by atoms with Crippen LogP contribution in [-0.4, -0.2) is 12.5 Å². The molecule has 0 radical (unpaired) electrons. The third-order valence-corrected chi connectivity index (χ3v) is 4.18. The Morgan fingerprint density at radius 1 is 0.758 bits per heavy atom. The van der Waals surface area contributed by atoms with Crippen molar-refractivity contribution in [2.24, 2.45) is 0 Å². The van der Waals surface area contributed by atoms with Crippen molar-refractivity contribution < 1.29 is 40.2 Å². The van der Waals surface area contributed by atoms with E-state index in [9.17, 15) is 30.7 Å². The largest absolute Gasteiger partial charge is 0.573 e. The van der Waals surface area contributed by atoms with Gasteiger partial charge in [-0.25, -0.2) is 4.39 Å². The van der Waals surface area contributed by atoms with Gasteiger partial charge in [0.1, 0.15) is 11.5 Å². The van der Waals surface area contributed by atoms with E-state index in [1.54, 1.807) is 30.3 Å². The fraction of sp³-hybridized carbons (Fsp3) is 0.0833.